The normalized spacial score (nSPS) is 27.9. The summed E-state index contributed by atoms with van der Waals surface area (Å²) in [7, 11) is 1.80. The molecule has 0 unspecified atom stereocenters. The Labute approximate surface area is 132 Å². The summed E-state index contributed by atoms with van der Waals surface area (Å²) in [6.07, 6.45) is 4.51. The number of ether oxygens (including phenoxy) is 2. The van der Waals surface area contributed by atoms with Crippen LogP contribution in [0.3, 0.4) is 0 Å². The van der Waals surface area contributed by atoms with Gasteiger partial charge in [0.05, 0.1) is 6.10 Å². The molecule has 0 saturated carbocycles. The molecule has 22 heavy (non-hydrogen) atoms. The van der Waals surface area contributed by atoms with Crippen molar-refractivity contribution in [1.29, 1.82) is 0 Å². The second kappa shape index (κ2) is 7.53. The molecule has 0 bridgehead atoms. The van der Waals surface area contributed by atoms with Gasteiger partial charge in [-0.05, 0) is 55.8 Å². The maximum Gasteiger partial charge on any atom is 0.123 e. The van der Waals surface area contributed by atoms with Gasteiger partial charge in [-0.15, -0.1) is 0 Å². The Morgan fingerprint density at radius 3 is 2.82 bits per heavy atom. The van der Waals surface area contributed by atoms with Crippen LogP contribution in [0, 0.1) is 11.7 Å². The van der Waals surface area contributed by atoms with Gasteiger partial charge in [0.25, 0.3) is 0 Å². The summed E-state index contributed by atoms with van der Waals surface area (Å²) < 4.78 is 24.6. The Bertz CT molecular complexity index is 476. The fourth-order valence-corrected chi connectivity index (χ4v) is 3.84. The monoisotopic (exact) mass is 307 g/mol. The summed E-state index contributed by atoms with van der Waals surface area (Å²) in [6.45, 7) is 3.86. The fourth-order valence-electron chi connectivity index (χ4n) is 3.84. The highest BCUT2D eigenvalue weighted by molar-refractivity contribution is 5.17. The maximum atomic E-state index is 13.4. The van der Waals surface area contributed by atoms with Gasteiger partial charge < -0.3 is 9.47 Å². The van der Waals surface area contributed by atoms with Gasteiger partial charge in [0.1, 0.15) is 5.82 Å². The van der Waals surface area contributed by atoms with Crippen molar-refractivity contribution in [1.82, 2.24) is 4.90 Å². The third kappa shape index (κ3) is 3.86. The topological polar surface area (TPSA) is 21.7 Å². The van der Waals surface area contributed by atoms with E-state index >= 15 is 0 Å². The first-order valence-corrected chi connectivity index (χ1v) is 8.35. The van der Waals surface area contributed by atoms with Crippen LogP contribution in [0.15, 0.2) is 24.3 Å². The highest BCUT2D eigenvalue weighted by Gasteiger charge is 2.33. The second-order valence-corrected chi connectivity index (χ2v) is 6.50. The molecular weight excluding hydrogens is 281 g/mol. The van der Waals surface area contributed by atoms with E-state index in [2.05, 4.69) is 4.90 Å². The summed E-state index contributed by atoms with van der Waals surface area (Å²) in [6, 6.07) is 7.61. The zero-order chi connectivity index (χ0) is 15.4. The molecule has 0 aromatic heterocycles. The van der Waals surface area contributed by atoms with Crippen LogP contribution in [0.5, 0.6) is 0 Å². The first-order valence-electron chi connectivity index (χ1n) is 8.35. The third-order valence-corrected chi connectivity index (χ3v) is 5.12. The lowest BCUT2D eigenvalue weighted by atomic mass is 9.86. The van der Waals surface area contributed by atoms with Crippen molar-refractivity contribution < 1.29 is 13.9 Å². The summed E-state index contributed by atoms with van der Waals surface area (Å²) in [4.78, 5) is 2.57. The van der Waals surface area contributed by atoms with E-state index < -0.39 is 0 Å². The summed E-state index contributed by atoms with van der Waals surface area (Å²) >= 11 is 0. The lowest BCUT2D eigenvalue weighted by Crippen LogP contribution is -2.51. The molecule has 1 aromatic carbocycles. The summed E-state index contributed by atoms with van der Waals surface area (Å²) in [5.41, 5.74) is 1.08. The Hall–Kier alpha value is -0.970. The van der Waals surface area contributed by atoms with Crippen LogP contribution in [-0.2, 0) is 15.9 Å². The lowest BCUT2D eigenvalue weighted by molar-refractivity contribution is -0.0449. The van der Waals surface area contributed by atoms with E-state index in [4.69, 9.17) is 9.47 Å². The van der Waals surface area contributed by atoms with Gasteiger partial charge in [0.15, 0.2) is 0 Å². The Morgan fingerprint density at radius 2 is 2.09 bits per heavy atom. The average molecular weight is 307 g/mol. The molecule has 2 atom stereocenters. The minimum atomic E-state index is -0.147. The van der Waals surface area contributed by atoms with Crippen molar-refractivity contribution in [2.45, 2.75) is 37.8 Å². The zero-order valence-electron chi connectivity index (χ0n) is 13.3. The predicted octanol–water partition coefficient (Wildman–Crippen LogP) is 2.88. The number of benzene rings is 1. The Balaban J connectivity index is 1.60. The Kier molecular flexibility index (Phi) is 5.45. The van der Waals surface area contributed by atoms with Crippen LogP contribution in [0.4, 0.5) is 4.39 Å². The molecule has 122 valence electrons. The van der Waals surface area contributed by atoms with E-state index in [9.17, 15) is 4.39 Å². The van der Waals surface area contributed by atoms with Gasteiger partial charge in [-0.1, -0.05) is 12.1 Å². The summed E-state index contributed by atoms with van der Waals surface area (Å²) in [5.74, 6) is 0.328. The summed E-state index contributed by atoms with van der Waals surface area (Å²) in [5, 5.41) is 0. The molecule has 4 heteroatoms. The van der Waals surface area contributed by atoms with Crippen LogP contribution in [0.1, 0.15) is 24.8 Å². The van der Waals surface area contributed by atoms with Gasteiger partial charge in [-0.3, -0.25) is 4.90 Å². The quantitative estimate of drug-likeness (QED) is 0.854. The van der Waals surface area contributed by atoms with Crippen molar-refractivity contribution in [2.24, 2.45) is 5.92 Å². The number of piperidine rings is 1. The molecule has 2 fully saturated rings. The number of hydrogen-bond acceptors (Lipinski definition) is 3. The van der Waals surface area contributed by atoms with Gasteiger partial charge in [-0.25, -0.2) is 4.39 Å². The van der Waals surface area contributed by atoms with Crippen LogP contribution in [-0.4, -0.2) is 50.5 Å². The van der Waals surface area contributed by atoms with Crippen molar-refractivity contribution >= 4 is 0 Å². The molecule has 3 nitrogen and oxygen atoms in total. The third-order valence-electron chi connectivity index (χ3n) is 5.12. The van der Waals surface area contributed by atoms with Crippen molar-refractivity contribution in [3.8, 4) is 0 Å². The van der Waals surface area contributed by atoms with E-state index in [1.165, 1.54) is 6.07 Å². The fraction of sp³-hybridized carbons (Fsp3) is 0.667. The molecule has 0 N–H and O–H groups in total. The van der Waals surface area contributed by atoms with E-state index in [1.54, 1.807) is 19.2 Å². The van der Waals surface area contributed by atoms with Crippen LogP contribution in [0.25, 0.3) is 0 Å². The molecule has 3 rings (SSSR count). The minimum absolute atomic E-state index is 0.147. The highest BCUT2D eigenvalue weighted by Crippen LogP contribution is 2.27. The highest BCUT2D eigenvalue weighted by atomic mass is 19.1. The van der Waals surface area contributed by atoms with Crippen molar-refractivity contribution in [3.05, 3.63) is 35.6 Å². The number of likely N-dealkylation sites (tertiary alicyclic amines) is 1. The minimum Gasteiger partial charge on any atom is -0.381 e. The molecule has 0 aliphatic carbocycles. The number of hydrogen-bond donors (Lipinski definition) is 0. The number of halogens is 1. The first kappa shape index (κ1) is 15.9. The standard InChI is InChI=1S/C18H26FNO2/c1-21-18-13-20(17-6-9-22-10-7-17)8-5-15(18)11-14-3-2-4-16(19)12-14/h2-4,12,15,17-18H,5-11,13H2,1H3/t15-,18+/m1/s1. The number of nitrogens with zero attached hydrogens (tertiary/aromatic N) is 1. The lowest BCUT2D eigenvalue weighted by Gasteiger charge is -2.43. The second-order valence-electron chi connectivity index (χ2n) is 6.50. The van der Waals surface area contributed by atoms with Crippen LogP contribution < -0.4 is 0 Å². The molecule has 2 saturated heterocycles. The molecule has 2 aliphatic rings. The maximum absolute atomic E-state index is 13.4. The predicted molar refractivity (Wildman–Crippen MR) is 84.4 cm³/mol. The molecular formula is C18H26FNO2. The molecule has 1 aromatic rings. The van der Waals surface area contributed by atoms with Gasteiger partial charge in [0, 0.05) is 32.9 Å². The number of rotatable bonds is 4. The van der Waals surface area contributed by atoms with E-state index in [-0.39, 0.29) is 11.9 Å². The number of methoxy groups -OCH3 is 1. The zero-order valence-corrected chi connectivity index (χ0v) is 13.3. The van der Waals surface area contributed by atoms with Crippen molar-refractivity contribution in [3.63, 3.8) is 0 Å². The SMILES string of the molecule is CO[C@H]1CN(C2CCOCC2)CC[C@@H]1Cc1cccc(F)c1. The Morgan fingerprint density at radius 1 is 1.27 bits per heavy atom. The molecule has 2 heterocycles. The molecule has 0 amide bonds. The largest absolute Gasteiger partial charge is 0.381 e. The average Bonchev–Trinajstić information content (AvgIpc) is 2.56. The van der Waals surface area contributed by atoms with E-state index in [0.29, 0.717) is 12.0 Å². The van der Waals surface area contributed by atoms with E-state index in [1.807, 2.05) is 6.07 Å². The molecule has 0 radical (unpaired) electrons. The van der Waals surface area contributed by atoms with Crippen molar-refractivity contribution in [2.75, 3.05) is 33.4 Å². The van der Waals surface area contributed by atoms with Gasteiger partial charge >= 0.3 is 0 Å². The van der Waals surface area contributed by atoms with Crippen LogP contribution >= 0.6 is 0 Å². The first-order chi connectivity index (χ1) is 10.8. The molecule has 2 aliphatic heterocycles. The smallest absolute Gasteiger partial charge is 0.123 e. The van der Waals surface area contributed by atoms with Gasteiger partial charge in [0.2, 0.25) is 0 Å². The molecule has 0 spiro atoms. The van der Waals surface area contributed by atoms with Crippen LogP contribution in [0.2, 0.25) is 0 Å². The van der Waals surface area contributed by atoms with Gasteiger partial charge in [-0.2, -0.15) is 0 Å². The van der Waals surface area contributed by atoms with E-state index in [0.717, 1.165) is 57.6 Å².